The Morgan fingerprint density at radius 2 is 1.94 bits per heavy atom. The van der Waals surface area contributed by atoms with E-state index < -0.39 is 5.60 Å². The van der Waals surface area contributed by atoms with Crippen LogP contribution in [0.2, 0.25) is 0 Å². The van der Waals surface area contributed by atoms with E-state index in [4.69, 9.17) is 0 Å². The molecular formula is C11H21N5O. The lowest BCUT2D eigenvalue weighted by Crippen LogP contribution is -2.42. The summed E-state index contributed by atoms with van der Waals surface area (Å²) in [6.45, 7) is 5.02. The van der Waals surface area contributed by atoms with Gasteiger partial charge in [-0.25, -0.2) is 4.68 Å². The molecule has 0 aromatic carbocycles. The number of nitrogens with zero attached hydrogens (tertiary/aromatic N) is 4. The maximum Gasteiger partial charge on any atom is 0.242 e. The molecule has 0 unspecified atom stereocenters. The lowest BCUT2D eigenvalue weighted by atomic mass is 9.71. The van der Waals surface area contributed by atoms with E-state index in [0.717, 1.165) is 25.7 Å². The SMILES string of the molecule is Cn1nnnc1NCC1(O)CCC(C)(C)CC1. The highest BCUT2D eigenvalue weighted by Gasteiger charge is 2.36. The third-order valence-electron chi connectivity index (χ3n) is 3.73. The van der Waals surface area contributed by atoms with Crippen LogP contribution in [0.3, 0.4) is 0 Å². The summed E-state index contributed by atoms with van der Waals surface area (Å²) < 4.78 is 1.57. The summed E-state index contributed by atoms with van der Waals surface area (Å²) in [5.41, 5.74) is -0.264. The van der Waals surface area contributed by atoms with Gasteiger partial charge in [0.2, 0.25) is 5.95 Å². The number of anilines is 1. The van der Waals surface area contributed by atoms with Crippen molar-refractivity contribution in [3.8, 4) is 0 Å². The van der Waals surface area contributed by atoms with Crippen molar-refractivity contribution in [2.75, 3.05) is 11.9 Å². The van der Waals surface area contributed by atoms with Crippen molar-refractivity contribution in [3.63, 3.8) is 0 Å². The normalized spacial score (nSPS) is 22.4. The molecule has 2 rings (SSSR count). The fourth-order valence-corrected chi connectivity index (χ4v) is 2.19. The van der Waals surface area contributed by atoms with Gasteiger partial charge in [-0.1, -0.05) is 18.9 Å². The molecule has 0 aliphatic heterocycles. The van der Waals surface area contributed by atoms with E-state index in [1.54, 1.807) is 11.7 Å². The zero-order chi connectivity index (χ0) is 12.5. The smallest absolute Gasteiger partial charge is 0.242 e. The van der Waals surface area contributed by atoms with Crippen molar-refractivity contribution in [2.24, 2.45) is 12.5 Å². The second-order valence-electron chi connectivity index (χ2n) is 5.87. The van der Waals surface area contributed by atoms with Crippen LogP contribution in [-0.2, 0) is 7.05 Å². The van der Waals surface area contributed by atoms with Crippen LogP contribution in [0.5, 0.6) is 0 Å². The van der Waals surface area contributed by atoms with Crippen molar-refractivity contribution in [1.29, 1.82) is 0 Å². The highest BCUT2D eigenvalue weighted by molar-refractivity contribution is 5.22. The Bertz CT molecular complexity index is 377. The Labute approximate surface area is 101 Å². The number of hydrogen-bond acceptors (Lipinski definition) is 5. The number of tetrazole rings is 1. The van der Waals surface area contributed by atoms with Gasteiger partial charge >= 0.3 is 0 Å². The van der Waals surface area contributed by atoms with Gasteiger partial charge in [0.15, 0.2) is 0 Å². The minimum atomic E-state index is -0.624. The van der Waals surface area contributed by atoms with Gasteiger partial charge in [-0.05, 0) is 41.5 Å². The minimum absolute atomic E-state index is 0.360. The van der Waals surface area contributed by atoms with E-state index in [0.29, 0.717) is 17.9 Å². The zero-order valence-corrected chi connectivity index (χ0v) is 10.8. The van der Waals surface area contributed by atoms with Crippen LogP contribution >= 0.6 is 0 Å². The summed E-state index contributed by atoms with van der Waals surface area (Å²) in [6.07, 6.45) is 3.78. The van der Waals surface area contributed by atoms with E-state index >= 15 is 0 Å². The van der Waals surface area contributed by atoms with Gasteiger partial charge in [0.05, 0.1) is 5.60 Å². The van der Waals surface area contributed by atoms with Gasteiger partial charge in [0.25, 0.3) is 0 Å². The van der Waals surface area contributed by atoms with Crippen LogP contribution in [-0.4, -0.2) is 37.5 Å². The molecule has 17 heavy (non-hydrogen) atoms. The van der Waals surface area contributed by atoms with E-state index in [9.17, 15) is 5.11 Å². The Morgan fingerprint density at radius 1 is 1.29 bits per heavy atom. The quantitative estimate of drug-likeness (QED) is 0.821. The van der Waals surface area contributed by atoms with Crippen LogP contribution in [0, 0.1) is 5.41 Å². The summed E-state index contributed by atoms with van der Waals surface area (Å²) in [5, 5.41) is 24.7. The molecule has 0 atom stereocenters. The molecule has 1 heterocycles. The van der Waals surface area contributed by atoms with Crippen LogP contribution in [0.15, 0.2) is 0 Å². The highest BCUT2D eigenvalue weighted by Crippen LogP contribution is 2.40. The van der Waals surface area contributed by atoms with Crippen molar-refractivity contribution in [3.05, 3.63) is 0 Å². The van der Waals surface area contributed by atoms with E-state index in [1.165, 1.54) is 0 Å². The molecule has 6 heteroatoms. The zero-order valence-electron chi connectivity index (χ0n) is 10.8. The van der Waals surface area contributed by atoms with Gasteiger partial charge in [0.1, 0.15) is 0 Å². The molecule has 1 aliphatic carbocycles. The highest BCUT2D eigenvalue weighted by atomic mass is 16.3. The molecular weight excluding hydrogens is 218 g/mol. The third kappa shape index (κ3) is 2.94. The molecule has 1 aliphatic rings. The monoisotopic (exact) mass is 239 g/mol. The Balaban J connectivity index is 1.89. The van der Waals surface area contributed by atoms with Gasteiger partial charge in [-0.15, -0.1) is 0 Å². The molecule has 1 aromatic heterocycles. The predicted octanol–water partition coefficient (Wildman–Crippen LogP) is 0.953. The predicted molar refractivity (Wildman–Crippen MR) is 64.5 cm³/mol. The van der Waals surface area contributed by atoms with Crippen molar-refractivity contribution >= 4 is 5.95 Å². The molecule has 0 radical (unpaired) electrons. The molecule has 1 fully saturated rings. The van der Waals surface area contributed by atoms with E-state index in [-0.39, 0.29) is 0 Å². The van der Waals surface area contributed by atoms with E-state index in [2.05, 4.69) is 34.7 Å². The summed E-state index contributed by atoms with van der Waals surface area (Å²) >= 11 is 0. The molecule has 6 nitrogen and oxygen atoms in total. The molecule has 2 N–H and O–H groups in total. The summed E-state index contributed by atoms with van der Waals surface area (Å²) in [7, 11) is 1.77. The number of aryl methyl sites for hydroxylation is 1. The molecule has 1 aromatic rings. The van der Waals surface area contributed by atoms with Gasteiger partial charge < -0.3 is 10.4 Å². The maximum atomic E-state index is 10.5. The number of nitrogens with one attached hydrogen (secondary N) is 1. The third-order valence-corrected chi connectivity index (χ3v) is 3.73. The van der Waals surface area contributed by atoms with Gasteiger partial charge in [-0.2, -0.15) is 0 Å². The number of aromatic nitrogens is 4. The minimum Gasteiger partial charge on any atom is -0.388 e. The Morgan fingerprint density at radius 3 is 2.47 bits per heavy atom. The first-order chi connectivity index (χ1) is 7.90. The first kappa shape index (κ1) is 12.3. The van der Waals surface area contributed by atoms with Crippen LogP contribution in [0.25, 0.3) is 0 Å². The molecule has 0 amide bonds. The van der Waals surface area contributed by atoms with Crippen LogP contribution < -0.4 is 5.32 Å². The van der Waals surface area contributed by atoms with Gasteiger partial charge in [0, 0.05) is 13.6 Å². The molecule has 0 spiro atoms. The number of hydrogen-bond donors (Lipinski definition) is 2. The van der Waals surface area contributed by atoms with Crippen molar-refractivity contribution in [2.45, 2.75) is 45.1 Å². The topological polar surface area (TPSA) is 75.9 Å². The fourth-order valence-electron chi connectivity index (χ4n) is 2.19. The number of aliphatic hydroxyl groups is 1. The van der Waals surface area contributed by atoms with E-state index in [1.807, 2.05) is 0 Å². The van der Waals surface area contributed by atoms with Crippen LogP contribution in [0.1, 0.15) is 39.5 Å². The number of rotatable bonds is 3. The second kappa shape index (κ2) is 4.25. The van der Waals surface area contributed by atoms with Crippen molar-refractivity contribution < 1.29 is 5.11 Å². The lowest BCUT2D eigenvalue weighted by molar-refractivity contribution is -0.0146. The average molecular weight is 239 g/mol. The van der Waals surface area contributed by atoms with Crippen LogP contribution in [0.4, 0.5) is 5.95 Å². The standard InChI is InChI=1S/C11H21N5O/c1-10(2)4-6-11(17,7-5-10)8-12-9-13-14-15-16(9)3/h17H,4-8H2,1-3H3,(H,12,13,15). The van der Waals surface area contributed by atoms with Gasteiger partial charge in [-0.3, -0.25) is 0 Å². The molecule has 0 saturated heterocycles. The average Bonchev–Trinajstić information content (AvgIpc) is 2.67. The first-order valence-corrected chi connectivity index (χ1v) is 6.09. The summed E-state index contributed by atoms with van der Waals surface area (Å²) in [4.78, 5) is 0. The molecule has 96 valence electrons. The first-order valence-electron chi connectivity index (χ1n) is 6.09. The summed E-state index contributed by atoms with van der Waals surface area (Å²) in [6, 6.07) is 0. The maximum absolute atomic E-state index is 10.5. The molecule has 0 bridgehead atoms. The lowest BCUT2D eigenvalue weighted by Gasteiger charge is -2.40. The second-order valence-corrected chi connectivity index (χ2v) is 5.87. The Kier molecular flexibility index (Phi) is 3.07. The summed E-state index contributed by atoms with van der Waals surface area (Å²) in [5.74, 6) is 0.600. The fraction of sp³-hybridized carbons (Fsp3) is 0.909. The molecule has 1 saturated carbocycles. The Hall–Kier alpha value is -1.17. The van der Waals surface area contributed by atoms with Crippen molar-refractivity contribution in [1.82, 2.24) is 20.2 Å². The largest absolute Gasteiger partial charge is 0.388 e.